The van der Waals surface area contributed by atoms with Crippen LogP contribution >= 0.6 is 39.9 Å². The molecule has 5 heteroatoms. The first kappa shape index (κ1) is 13.0. The first-order chi connectivity index (χ1) is 5.54. The van der Waals surface area contributed by atoms with Crippen molar-refractivity contribution in [2.75, 3.05) is 0 Å². The van der Waals surface area contributed by atoms with Crippen LogP contribution in [0.25, 0.3) is 0 Å². The zero-order chi connectivity index (χ0) is 9.30. The van der Waals surface area contributed by atoms with Crippen LogP contribution in [-0.4, -0.2) is 5.11 Å². The highest BCUT2D eigenvalue weighted by Gasteiger charge is 2.12. The molecular weight excluding hydrogens is 277 g/mol. The second-order valence-corrected chi connectivity index (χ2v) is 3.84. The predicted molar refractivity (Wildman–Crippen MR) is 60.7 cm³/mol. The molecule has 0 aliphatic rings. The van der Waals surface area contributed by atoms with Gasteiger partial charge in [-0.1, -0.05) is 27.5 Å². The number of phenols is 1. The van der Waals surface area contributed by atoms with Crippen molar-refractivity contribution < 1.29 is 5.11 Å². The molecule has 1 rings (SSSR count). The average molecular weight is 287 g/mol. The van der Waals surface area contributed by atoms with E-state index >= 15 is 0 Å². The van der Waals surface area contributed by atoms with E-state index in [9.17, 15) is 5.11 Å². The Morgan fingerprint density at radius 1 is 1.54 bits per heavy atom. The Morgan fingerprint density at radius 2 is 2.08 bits per heavy atom. The molecule has 74 valence electrons. The Bertz CT molecular complexity index is 304. The average Bonchev–Trinajstić information content (AvgIpc) is 1.97. The summed E-state index contributed by atoms with van der Waals surface area (Å²) in [7, 11) is 0. The normalized spacial score (nSPS) is 12.0. The highest BCUT2D eigenvalue weighted by atomic mass is 79.9. The quantitative estimate of drug-likeness (QED) is 0.832. The van der Waals surface area contributed by atoms with Gasteiger partial charge in [-0.25, -0.2) is 0 Å². The number of rotatable bonds is 1. The van der Waals surface area contributed by atoms with Crippen molar-refractivity contribution in [1.29, 1.82) is 0 Å². The van der Waals surface area contributed by atoms with Crippen molar-refractivity contribution >= 4 is 39.9 Å². The Hall–Kier alpha value is 0.0400. The van der Waals surface area contributed by atoms with E-state index in [1.165, 1.54) is 0 Å². The summed E-state index contributed by atoms with van der Waals surface area (Å²) in [6.07, 6.45) is 0. The van der Waals surface area contributed by atoms with Crippen LogP contribution in [0.5, 0.6) is 5.75 Å². The molecule has 0 saturated heterocycles. The maximum absolute atomic E-state index is 9.51. The Kier molecular flexibility index (Phi) is 5.07. The summed E-state index contributed by atoms with van der Waals surface area (Å²) in [5.74, 6) is 0.0565. The second kappa shape index (κ2) is 5.05. The molecule has 0 aliphatic heterocycles. The standard InChI is InChI=1S/C8H9BrClNO.ClH/c1-4(11)7-5(9)2-3-6(10)8(7)12;/h2-4,12H,11H2,1H3;1H/t4-;/m1./s1. The largest absolute Gasteiger partial charge is 0.506 e. The van der Waals surface area contributed by atoms with Crippen LogP contribution in [0.1, 0.15) is 18.5 Å². The van der Waals surface area contributed by atoms with Gasteiger partial charge in [0.05, 0.1) is 5.02 Å². The van der Waals surface area contributed by atoms with E-state index in [2.05, 4.69) is 15.9 Å². The van der Waals surface area contributed by atoms with Crippen molar-refractivity contribution in [3.63, 3.8) is 0 Å². The van der Waals surface area contributed by atoms with Gasteiger partial charge in [-0.2, -0.15) is 0 Å². The monoisotopic (exact) mass is 285 g/mol. The van der Waals surface area contributed by atoms with Gasteiger partial charge >= 0.3 is 0 Å². The molecule has 0 bridgehead atoms. The predicted octanol–water partition coefficient (Wildman–Crippen LogP) is 3.25. The number of aromatic hydroxyl groups is 1. The lowest BCUT2D eigenvalue weighted by atomic mass is 10.1. The van der Waals surface area contributed by atoms with Crippen LogP contribution in [0, 0.1) is 0 Å². The van der Waals surface area contributed by atoms with Crippen LogP contribution < -0.4 is 5.73 Å². The molecule has 0 unspecified atom stereocenters. The van der Waals surface area contributed by atoms with Gasteiger partial charge < -0.3 is 10.8 Å². The van der Waals surface area contributed by atoms with E-state index in [1.807, 2.05) is 0 Å². The molecule has 13 heavy (non-hydrogen) atoms. The van der Waals surface area contributed by atoms with E-state index in [-0.39, 0.29) is 24.2 Å². The van der Waals surface area contributed by atoms with E-state index in [0.717, 1.165) is 4.47 Å². The molecule has 0 aromatic heterocycles. The van der Waals surface area contributed by atoms with E-state index in [1.54, 1.807) is 19.1 Å². The minimum atomic E-state index is -0.238. The first-order valence-electron chi connectivity index (χ1n) is 3.46. The summed E-state index contributed by atoms with van der Waals surface area (Å²) in [6, 6.07) is 3.14. The molecule has 3 N–H and O–H groups in total. The lowest BCUT2D eigenvalue weighted by Crippen LogP contribution is -2.06. The molecule has 0 heterocycles. The number of hydrogen-bond acceptors (Lipinski definition) is 2. The molecule has 1 aromatic carbocycles. The summed E-state index contributed by atoms with van der Waals surface area (Å²) < 4.78 is 0.777. The Morgan fingerprint density at radius 3 is 2.46 bits per heavy atom. The molecule has 0 saturated carbocycles. The van der Waals surface area contributed by atoms with Crippen molar-refractivity contribution in [1.82, 2.24) is 0 Å². The van der Waals surface area contributed by atoms with Gasteiger partial charge in [-0.15, -0.1) is 12.4 Å². The molecule has 1 aromatic rings. The first-order valence-corrected chi connectivity index (χ1v) is 4.63. The van der Waals surface area contributed by atoms with Crippen molar-refractivity contribution in [3.05, 3.63) is 27.2 Å². The number of hydrogen-bond donors (Lipinski definition) is 2. The summed E-state index contributed by atoms with van der Waals surface area (Å²) in [5.41, 5.74) is 6.28. The zero-order valence-corrected chi connectivity index (χ0v) is 10.1. The minimum absolute atomic E-state index is 0. The fourth-order valence-electron chi connectivity index (χ4n) is 0.990. The van der Waals surface area contributed by atoms with Crippen LogP contribution in [-0.2, 0) is 0 Å². The molecule has 0 radical (unpaired) electrons. The third-order valence-electron chi connectivity index (χ3n) is 1.57. The summed E-state index contributed by atoms with van der Waals surface area (Å²) in [6.45, 7) is 1.79. The number of nitrogens with two attached hydrogens (primary N) is 1. The Labute approximate surface area is 96.6 Å². The highest BCUT2D eigenvalue weighted by Crippen LogP contribution is 2.35. The van der Waals surface area contributed by atoms with Gasteiger partial charge in [-0.3, -0.25) is 0 Å². The maximum Gasteiger partial charge on any atom is 0.140 e. The fourth-order valence-corrected chi connectivity index (χ4v) is 1.84. The topological polar surface area (TPSA) is 46.2 Å². The maximum atomic E-state index is 9.51. The Balaban J connectivity index is 0.00000144. The van der Waals surface area contributed by atoms with Gasteiger partial charge in [0, 0.05) is 16.1 Å². The zero-order valence-electron chi connectivity index (χ0n) is 6.92. The lowest BCUT2D eigenvalue weighted by molar-refractivity contribution is 0.463. The fraction of sp³-hybridized carbons (Fsp3) is 0.250. The van der Waals surface area contributed by atoms with E-state index < -0.39 is 0 Å². The molecule has 0 fully saturated rings. The van der Waals surface area contributed by atoms with Crippen LogP contribution in [0.4, 0.5) is 0 Å². The van der Waals surface area contributed by atoms with Crippen LogP contribution in [0.15, 0.2) is 16.6 Å². The number of halogens is 3. The van der Waals surface area contributed by atoms with Crippen LogP contribution in [0.3, 0.4) is 0 Å². The highest BCUT2D eigenvalue weighted by molar-refractivity contribution is 9.10. The summed E-state index contributed by atoms with van der Waals surface area (Å²) in [5, 5.41) is 9.83. The summed E-state index contributed by atoms with van der Waals surface area (Å²) in [4.78, 5) is 0. The van der Waals surface area contributed by atoms with Crippen molar-refractivity contribution in [2.24, 2.45) is 5.73 Å². The minimum Gasteiger partial charge on any atom is -0.506 e. The van der Waals surface area contributed by atoms with Gasteiger partial charge in [0.1, 0.15) is 5.75 Å². The second-order valence-electron chi connectivity index (χ2n) is 2.58. The third-order valence-corrected chi connectivity index (χ3v) is 2.57. The molecule has 2 nitrogen and oxygen atoms in total. The van der Waals surface area contributed by atoms with Gasteiger partial charge in [0.25, 0.3) is 0 Å². The van der Waals surface area contributed by atoms with Gasteiger partial charge in [-0.05, 0) is 19.1 Å². The van der Waals surface area contributed by atoms with Crippen molar-refractivity contribution in [2.45, 2.75) is 13.0 Å². The SMILES string of the molecule is C[C@@H](N)c1c(Br)ccc(Cl)c1O.Cl. The number of benzene rings is 1. The molecular formula is C8H10BrCl2NO. The van der Waals surface area contributed by atoms with Crippen molar-refractivity contribution in [3.8, 4) is 5.75 Å². The summed E-state index contributed by atoms with van der Waals surface area (Å²) >= 11 is 8.99. The number of phenolic OH excluding ortho intramolecular Hbond substituents is 1. The van der Waals surface area contributed by atoms with E-state index in [4.69, 9.17) is 17.3 Å². The van der Waals surface area contributed by atoms with E-state index in [0.29, 0.717) is 10.6 Å². The molecule has 0 amide bonds. The van der Waals surface area contributed by atoms with Gasteiger partial charge in [0.2, 0.25) is 0 Å². The van der Waals surface area contributed by atoms with Crippen LogP contribution in [0.2, 0.25) is 5.02 Å². The molecule has 0 spiro atoms. The smallest absolute Gasteiger partial charge is 0.140 e. The molecule has 0 aliphatic carbocycles. The molecule has 1 atom stereocenters. The van der Waals surface area contributed by atoms with Gasteiger partial charge in [0.15, 0.2) is 0 Å². The lowest BCUT2D eigenvalue weighted by Gasteiger charge is -2.11. The third kappa shape index (κ3) is 2.74.